The quantitative estimate of drug-likeness (QED) is 0.641. The fraction of sp³-hybridized carbons (Fsp3) is 0.125. The van der Waals surface area contributed by atoms with Crippen molar-refractivity contribution in [3.8, 4) is 5.75 Å². The molecule has 0 amide bonds. The maximum Gasteiger partial charge on any atom is 0.339 e. The first-order chi connectivity index (χ1) is 6.06. The van der Waals surface area contributed by atoms with Crippen LogP contribution in [0.5, 0.6) is 5.75 Å². The summed E-state index contributed by atoms with van der Waals surface area (Å²) in [6.07, 6.45) is 0. The van der Waals surface area contributed by atoms with Gasteiger partial charge in [0.15, 0.2) is 0 Å². The number of nitrogens with two attached hydrogens (primary N) is 1. The standard InChI is InChI=1S/C8H8INO3/c1-13-7-3-5(9)6(10)2-4(7)8(11)12/h2-3H,10H2,1H3,(H,11,12). The van der Waals surface area contributed by atoms with E-state index in [1.807, 2.05) is 22.6 Å². The second kappa shape index (κ2) is 3.82. The van der Waals surface area contributed by atoms with Gasteiger partial charge in [0, 0.05) is 9.26 Å². The van der Waals surface area contributed by atoms with Crippen molar-refractivity contribution in [2.75, 3.05) is 12.8 Å². The van der Waals surface area contributed by atoms with Crippen LogP contribution in [0.4, 0.5) is 5.69 Å². The topological polar surface area (TPSA) is 72.5 Å². The Morgan fingerprint density at radius 1 is 1.62 bits per heavy atom. The molecule has 0 aromatic heterocycles. The van der Waals surface area contributed by atoms with Gasteiger partial charge in [-0.3, -0.25) is 0 Å². The number of ether oxygens (including phenoxy) is 1. The van der Waals surface area contributed by atoms with E-state index < -0.39 is 5.97 Å². The van der Waals surface area contributed by atoms with Gasteiger partial charge in [0.05, 0.1) is 7.11 Å². The molecule has 1 aromatic carbocycles. The van der Waals surface area contributed by atoms with Crippen LogP contribution in [0.2, 0.25) is 0 Å². The summed E-state index contributed by atoms with van der Waals surface area (Å²) < 4.78 is 5.68. The number of halogens is 1. The van der Waals surface area contributed by atoms with E-state index in [4.69, 9.17) is 15.6 Å². The molecule has 0 heterocycles. The van der Waals surface area contributed by atoms with Gasteiger partial charge in [-0.05, 0) is 34.7 Å². The second-order valence-electron chi connectivity index (χ2n) is 2.38. The van der Waals surface area contributed by atoms with E-state index in [1.165, 1.54) is 13.2 Å². The number of anilines is 1. The first-order valence-electron chi connectivity index (χ1n) is 3.42. The Hall–Kier alpha value is -0.980. The summed E-state index contributed by atoms with van der Waals surface area (Å²) in [7, 11) is 1.42. The molecule has 0 aliphatic carbocycles. The third kappa shape index (κ3) is 2.03. The smallest absolute Gasteiger partial charge is 0.339 e. The Bertz CT molecular complexity index is 351. The average Bonchev–Trinajstić information content (AvgIpc) is 2.08. The van der Waals surface area contributed by atoms with Crippen molar-refractivity contribution < 1.29 is 14.6 Å². The van der Waals surface area contributed by atoms with Crippen LogP contribution in [0, 0.1) is 3.57 Å². The molecule has 0 bridgehead atoms. The van der Waals surface area contributed by atoms with Gasteiger partial charge in [-0.25, -0.2) is 4.79 Å². The Labute approximate surface area is 88.8 Å². The molecule has 0 radical (unpaired) electrons. The van der Waals surface area contributed by atoms with E-state index in [9.17, 15) is 4.79 Å². The molecule has 0 aliphatic heterocycles. The fourth-order valence-electron chi connectivity index (χ4n) is 0.908. The maximum atomic E-state index is 10.7. The summed E-state index contributed by atoms with van der Waals surface area (Å²) in [6.45, 7) is 0. The zero-order chi connectivity index (χ0) is 10.0. The summed E-state index contributed by atoms with van der Waals surface area (Å²) in [6, 6.07) is 2.99. The van der Waals surface area contributed by atoms with Crippen LogP contribution < -0.4 is 10.5 Å². The van der Waals surface area contributed by atoms with Crippen molar-refractivity contribution in [1.29, 1.82) is 0 Å². The van der Waals surface area contributed by atoms with Gasteiger partial charge < -0.3 is 15.6 Å². The number of hydrogen-bond acceptors (Lipinski definition) is 3. The van der Waals surface area contributed by atoms with E-state index in [2.05, 4.69) is 0 Å². The molecule has 70 valence electrons. The van der Waals surface area contributed by atoms with Gasteiger partial charge >= 0.3 is 5.97 Å². The van der Waals surface area contributed by atoms with E-state index >= 15 is 0 Å². The Morgan fingerprint density at radius 3 is 2.69 bits per heavy atom. The average molecular weight is 293 g/mol. The first-order valence-corrected chi connectivity index (χ1v) is 4.50. The molecule has 0 unspecified atom stereocenters. The highest BCUT2D eigenvalue weighted by Gasteiger charge is 2.12. The molecule has 0 fully saturated rings. The Kier molecular flexibility index (Phi) is 2.97. The minimum atomic E-state index is -1.04. The fourth-order valence-corrected chi connectivity index (χ4v) is 1.35. The number of aromatic carboxylic acids is 1. The molecular formula is C8H8INO3. The van der Waals surface area contributed by atoms with E-state index in [0.29, 0.717) is 11.4 Å². The molecule has 0 spiro atoms. The lowest BCUT2D eigenvalue weighted by Crippen LogP contribution is -2.03. The van der Waals surface area contributed by atoms with Gasteiger partial charge in [0.25, 0.3) is 0 Å². The summed E-state index contributed by atoms with van der Waals surface area (Å²) in [5, 5.41) is 8.77. The number of carboxylic acid groups (broad SMARTS) is 1. The summed E-state index contributed by atoms with van der Waals surface area (Å²) >= 11 is 2.02. The number of carboxylic acids is 1. The molecule has 13 heavy (non-hydrogen) atoms. The number of rotatable bonds is 2. The molecule has 4 nitrogen and oxygen atoms in total. The molecule has 0 aliphatic rings. The lowest BCUT2D eigenvalue weighted by atomic mass is 10.2. The van der Waals surface area contributed by atoms with Gasteiger partial charge in [-0.2, -0.15) is 0 Å². The van der Waals surface area contributed by atoms with Crippen LogP contribution >= 0.6 is 22.6 Å². The third-order valence-corrected chi connectivity index (χ3v) is 2.48. The number of methoxy groups -OCH3 is 1. The van der Waals surface area contributed by atoms with Crippen LogP contribution in [0.3, 0.4) is 0 Å². The van der Waals surface area contributed by atoms with Crippen molar-refractivity contribution in [3.05, 3.63) is 21.3 Å². The number of nitrogen functional groups attached to an aromatic ring is 1. The van der Waals surface area contributed by atoms with Crippen molar-refractivity contribution in [3.63, 3.8) is 0 Å². The second-order valence-corrected chi connectivity index (χ2v) is 3.54. The Morgan fingerprint density at radius 2 is 2.23 bits per heavy atom. The van der Waals surface area contributed by atoms with Gasteiger partial charge in [-0.1, -0.05) is 0 Å². The lowest BCUT2D eigenvalue weighted by molar-refractivity contribution is 0.0693. The maximum absolute atomic E-state index is 10.7. The highest BCUT2D eigenvalue weighted by Crippen LogP contribution is 2.26. The molecule has 0 saturated heterocycles. The minimum absolute atomic E-state index is 0.0837. The normalized spacial score (nSPS) is 9.69. The molecule has 5 heteroatoms. The summed E-state index contributed by atoms with van der Waals surface area (Å²) in [5.41, 5.74) is 6.08. The van der Waals surface area contributed by atoms with Crippen molar-refractivity contribution in [2.45, 2.75) is 0 Å². The highest BCUT2D eigenvalue weighted by molar-refractivity contribution is 14.1. The van der Waals surface area contributed by atoms with E-state index in [0.717, 1.165) is 3.57 Å². The van der Waals surface area contributed by atoms with Crippen LogP contribution in [0.1, 0.15) is 10.4 Å². The van der Waals surface area contributed by atoms with Crippen molar-refractivity contribution in [1.82, 2.24) is 0 Å². The molecule has 1 rings (SSSR count). The van der Waals surface area contributed by atoms with Crippen molar-refractivity contribution >= 4 is 34.2 Å². The molecule has 1 aromatic rings. The highest BCUT2D eigenvalue weighted by atomic mass is 127. The number of carbonyl (C=O) groups is 1. The van der Waals surface area contributed by atoms with Crippen LogP contribution in [-0.2, 0) is 0 Å². The van der Waals surface area contributed by atoms with Crippen LogP contribution in [0.15, 0.2) is 12.1 Å². The molecule has 3 N–H and O–H groups in total. The van der Waals surface area contributed by atoms with Crippen molar-refractivity contribution in [2.24, 2.45) is 0 Å². The predicted octanol–water partition coefficient (Wildman–Crippen LogP) is 1.58. The zero-order valence-electron chi connectivity index (χ0n) is 6.87. The van der Waals surface area contributed by atoms with Gasteiger partial charge in [0.2, 0.25) is 0 Å². The molecule has 0 atom stereocenters. The van der Waals surface area contributed by atoms with Gasteiger partial charge in [-0.15, -0.1) is 0 Å². The largest absolute Gasteiger partial charge is 0.496 e. The number of benzene rings is 1. The number of hydrogen-bond donors (Lipinski definition) is 2. The van der Waals surface area contributed by atoms with Crippen LogP contribution in [-0.4, -0.2) is 18.2 Å². The molecular weight excluding hydrogens is 285 g/mol. The van der Waals surface area contributed by atoms with Gasteiger partial charge in [0.1, 0.15) is 11.3 Å². The molecule has 0 saturated carbocycles. The predicted molar refractivity (Wildman–Crippen MR) is 57.1 cm³/mol. The zero-order valence-corrected chi connectivity index (χ0v) is 9.03. The summed E-state index contributed by atoms with van der Waals surface area (Å²) in [5.74, 6) is -0.717. The monoisotopic (exact) mass is 293 g/mol. The summed E-state index contributed by atoms with van der Waals surface area (Å²) in [4.78, 5) is 10.7. The first kappa shape index (κ1) is 10.1. The van der Waals surface area contributed by atoms with Crippen LogP contribution in [0.25, 0.3) is 0 Å². The SMILES string of the molecule is COc1cc(I)c(N)cc1C(=O)O. The van der Waals surface area contributed by atoms with E-state index in [-0.39, 0.29) is 5.56 Å². The third-order valence-electron chi connectivity index (χ3n) is 1.55. The van der Waals surface area contributed by atoms with E-state index in [1.54, 1.807) is 6.07 Å². The Balaban J connectivity index is 3.33. The lowest BCUT2D eigenvalue weighted by Gasteiger charge is -2.06. The minimum Gasteiger partial charge on any atom is -0.496 e.